The molecular formula is C40H74N2O5S. The molecule has 0 N–H and O–H groups in total. The summed E-state index contributed by atoms with van der Waals surface area (Å²) < 4.78 is 10.8. The lowest BCUT2D eigenvalue weighted by Gasteiger charge is -2.23. The number of allylic oxidation sites excluding steroid dienone is 4. The molecule has 0 atom stereocenters. The summed E-state index contributed by atoms with van der Waals surface area (Å²) in [5.41, 5.74) is 0. The Kier molecular flexibility index (Phi) is 35.1. The summed E-state index contributed by atoms with van der Waals surface area (Å²) >= 11 is 1.43. The van der Waals surface area contributed by atoms with Crippen LogP contribution in [0.15, 0.2) is 24.3 Å². The van der Waals surface area contributed by atoms with E-state index in [9.17, 15) is 14.4 Å². The number of rotatable bonds is 34. The molecule has 0 bridgehead atoms. The largest absolute Gasteiger partial charge is 0.466 e. The Labute approximate surface area is 300 Å². The van der Waals surface area contributed by atoms with E-state index in [4.69, 9.17) is 9.47 Å². The van der Waals surface area contributed by atoms with Crippen molar-refractivity contribution in [2.75, 3.05) is 52.2 Å². The second-order valence-corrected chi connectivity index (χ2v) is 14.0. The lowest BCUT2D eigenvalue weighted by Crippen LogP contribution is -2.31. The fourth-order valence-corrected chi connectivity index (χ4v) is 6.06. The lowest BCUT2D eigenvalue weighted by molar-refractivity contribution is -0.144. The van der Waals surface area contributed by atoms with Gasteiger partial charge in [0.15, 0.2) is 0 Å². The number of thioether (sulfide) groups is 1. The lowest BCUT2D eigenvalue weighted by atomic mass is 10.1. The fraction of sp³-hybridized carbons (Fsp3) is 0.825. The molecule has 48 heavy (non-hydrogen) atoms. The van der Waals surface area contributed by atoms with E-state index < -0.39 is 0 Å². The molecule has 0 radical (unpaired) electrons. The summed E-state index contributed by atoms with van der Waals surface area (Å²) in [4.78, 5) is 41.2. The highest BCUT2D eigenvalue weighted by atomic mass is 32.2. The second kappa shape index (κ2) is 36.5. The monoisotopic (exact) mass is 695 g/mol. The van der Waals surface area contributed by atoms with E-state index in [1.807, 2.05) is 4.90 Å². The van der Waals surface area contributed by atoms with E-state index in [0.717, 1.165) is 109 Å². The second-order valence-electron chi connectivity index (χ2n) is 13.0. The number of nitrogens with zero attached hydrogens (tertiary/aromatic N) is 2. The third-order valence-electron chi connectivity index (χ3n) is 8.48. The van der Waals surface area contributed by atoms with E-state index >= 15 is 0 Å². The van der Waals surface area contributed by atoms with E-state index in [2.05, 4.69) is 57.0 Å². The zero-order valence-corrected chi connectivity index (χ0v) is 32.5. The Morgan fingerprint density at radius 3 is 1.44 bits per heavy atom. The van der Waals surface area contributed by atoms with Crippen LogP contribution in [0.4, 0.5) is 4.79 Å². The molecule has 0 unspecified atom stereocenters. The molecule has 0 aromatic rings. The normalized spacial score (nSPS) is 11.6. The zero-order chi connectivity index (χ0) is 35.3. The summed E-state index contributed by atoms with van der Waals surface area (Å²) in [6.07, 6.45) is 31.0. The highest BCUT2D eigenvalue weighted by Gasteiger charge is 2.14. The van der Waals surface area contributed by atoms with Gasteiger partial charge in [0.2, 0.25) is 0 Å². The van der Waals surface area contributed by atoms with Gasteiger partial charge in [-0.1, -0.05) is 108 Å². The van der Waals surface area contributed by atoms with Crippen molar-refractivity contribution in [3.63, 3.8) is 0 Å². The Balaban J connectivity index is 4.14. The molecule has 0 spiro atoms. The summed E-state index contributed by atoms with van der Waals surface area (Å²) in [5, 5.41) is 0.174. The molecule has 7 nitrogen and oxygen atoms in total. The van der Waals surface area contributed by atoms with Gasteiger partial charge in [0.05, 0.1) is 13.2 Å². The molecule has 0 saturated carbocycles. The van der Waals surface area contributed by atoms with E-state index in [1.165, 1.54) is 63.1 Å². The molecular weight excluding hydrogens is 621 g/mol. The minimum atomic E-state index is -0.109. The van der Waals surface area contributed by atoms with Crippen molar-refractivity contribution in [1.82, 2.24) is 9.80 Å². The highest BCUT2D eigenvalue weighted by Crippen LogP contribution is 2.14. The van der Waals surface area contributed by atoms with Gasteiger partial charge in [0, 0.05) is 38.2 Å². The smallest absolute Gasteiger partial charge is 0.306 e. The molecule has 0 aromatic heterocycles. The maximum Gasteiger partial charge on any atom is 0.306 e. The van der Waals surface area contributed by atoms with Crippen LogP contribution < -0.4 is 0 Å². The van der Waals surface area contributed by atoms with Crippen LogP contribution in [0.2, 0.25) is 0 Å². The minimum Gasteiger partial charge on any atom is -0.466 e. The van der Waals surface area contributed by atoms with Crippen molar-refractivity contribution in [1.29, 1.82) is 0 Å². The first-order valence-electron chi connectivity index (χ1n) is 19.7. The SMILES string of the molecule is CCCCCC/C=C\CCC(=O)OCCCCCCN(CCCCCCOC(=O)CC/C=C\CCCCCC)C(=O)SCCN(C)CC. The van der Waals surface area contributed by atoms with Gasteiger partial charge in [0.1, 0.15) is 0 Å². The number of hydrogen-bond donors (Lipinski definition) is 0. The molecule has 0 fully saturated rings. The first-order chi connectivity index (χ1) is 23.4. The van der Waals surface area contributed by atoms with E-state index in [0.29, 0.717) is 26.1 Å². The van der Waals surface area contributed by atoms with Crippen molar-refractivity contribution < 1.29 is 23.9 Å². The molecule has 0 aliphatic heterocycles. The van der Waals surface area contributed by atoms with Crippen molar-refractivity contribution in [3.05, 3.63) is 24.3 Å². The first-order valence-corrected chi connectivity index (χ1v) is 20.6. The zero-order valence-electron chi connectivity index (χ0n) is 31.7. The van der Waals surface area contributed by atoms with Gasteiger partial charge < -0.3 is 19.3 Å². The third kappa shape index (κ3) is 32.7. The van der Waals surface area contributed by atoms with E-state index in [1.54, 1.807) is 0 Å². The Morgan fingerprint density at radius 2 is 0.979 bits per heavy atom. The number of amides is 1. The molecule has 0 saturated heterocycles. The standard InChI is InChI=1S/C40H74N2O5S/c1-5-8-10-12-14-16-18-24-30-38(43)46-35-28-22-20-26-32-42(40(45)48-37-34-41(4)7-3)33-27-21-23-29-36-47-39(44)31-25-19-17-15-13-11-9-6-2/h16-19H,5-15,20-37H2,1-4H3/b18-16-,19-17-. The Morgan fingerprint density at radius 1 is 0.542 bits per heavy atom. The predicted octanol–water partition coefficient (Wildman–Crippen LogP) is 10.9. The maximum atomic E-state index is 13.0. The molecule has 0 rings (SSSR count). The number of hydrogen-bond acceptors (Lipinski definition) is 7. The van der Waals surface area contributed by atoms with Gasteiger partial charge in [-0.25, -0.2) is 0 Å². The van der Waals surface area contributed by atoms with Crippen molar-refractivity contribution in [2.24, 2.45) is 0 Å². The topological polar surface area (TPSA) is 76.1 Å². The maximum absolute atomic E-state index is 13.0. The van der Waals surface area contributed by atoms with Crippen LogP contribution in [0, 0.1) is 0 Å². The minimum absolute atomic E-state index is 0.109. The van der Waals surface area contributed by atoms with Crippen LogP contribution in [0.25, 0.3) is 0 Å². The predicted molar refractivity (Wildman–Crippen MR) is 206 cm³/mol. The third-order valence-corrected chi connectivity index (χ3v) is 9.37. The van der Waals surface area contributed by atoms with Crippen LogP contribution in [0.3, 0.4) is 0 Å². The van der Waals surface area contributed by atoms with Crippen molar-refractivity contribution in [3.8, 4) is 0 Å². The summed E-state index contributed by atoms with van der Waals surface area (Å²) in [6.45, 7) is 11.0. The average molecular weight is 695 g/mol. The van der Waals surface area contributed by atoms with Crippen molar-refractivity contribution in [2.45, 2.75) is 162 Å². The number of esters is 2. The summed E-state index contributed by atoms with van der Waals surface area (Å²) in [5.74, 6) is 0.588. The van der Waals surface area contributed by atoms with Crippen LogP contribution >= 0.6 is 11.8 Å². The van der Waals surface area contributed by atoms with Crippen LogP contribution in [-0.4, -0.2) is 79.2 Å². The first kappa shape index (κ1) is 46.2. The van der Waals surface area contributed by atoms with Gasteiger partial charge in [-0.05, 0) is 90.6 Å². The number of carbonyl (C=O) groups excluding carboxylic acids is 3. The number of ether oxygens (including phenoxy) is 2. The fourth-order valence-electron chi connectivity index (χ4n) is 5.12. The molecule has 1 amide bonds. The van der Waals surface area contributed by atoms with Gasteiger partial charge >= 0.3 is 11.9 Å². The average Bonchev–Trinajstić information content (AvgIpc) is 3.08. The van der Waals surface area contributed by atoms with Crippen LogP contribution in [-0.2, 0) is 19.1 Å². The van der Waals surface area contributed by atoms with E-state index in [-0.39, 0.29) is 17.2 Å². The Hall–Kier alpha value is -1.80. The number of carbonyl (C=O) groups is 3. The molecule has 0 aromatic carbocycles. The number of unbranched alkanes of at least 4 members (excludes halogenated alkanes) is 14. The summed E-state index contributed by atoms with van der Waals surface area (Å²) in [7, 11) is 2.08. The molecule has 0 aliphatic carbocycles. The molecule has 280 valence electrons. The quantitative estimate of drug-likeness (QED) is 0.0377. The van der Waals surface area contributed by atoms with Gasteiger partial charge in [0.25, 0.3) is 5.24 Å². The summed E-state index contributed by atoms with van der Waals surface area (Å²) in [6, 6.07) is 0. The van der Waals surface area contributed by atoms with Gasteiger partial charge in [-0.15, -0.1) is 0 Å². The van der Waals surface area contributed by atoms with Crippen molar-refractivity contribution >= 4 is 28.9 Å². The van der Waals surface area contributed by atoms with Gasteiger partial charge in [-0.2, -0.15) is 0 Å². The Bertz CT molecular complexity index is 767. The molecule has 8 heteroatoms. The van der Waals surface area contributed by atoms with Gasteiger partial charge in [-0.3, -0.25) is 14.4 Å². The van der Waals surface area contributed by atoms with Crippen LogP contribution in [0.5, 0.6) is 0 Å². The molecule has 0 heterocycles. The van der Waals surface area contributed by atoms with Crippen LogP contribution in [0.1, 0.15) is 162 Å². The highest BCUT2D eigenvalue weighted by molar-refractivity contribution is 8.13. The molecule has 0 aliphatic rings.